The summed E-state index contributed by atoms with van der Waals surface area (Å²) in [5, 5.41) is 10.0. The Morgan fingerprint density at radius 3 is 1.80 bits per heavy atom. The van der Waals surface area contributed by atoms with Gasteiger partial charge in [-0.2, -0.15) is 0 Å². The summed E-state index contributed by atoms with van der Waals surface area (Å²) in [5.74, 6) is -1.10. The molecule has 0 aliphatic rings. The summed E-state index contributed by atoms with van der Waals surface area (Å²) in [6.07, 6.45) is -1.79. The number of aliphatic hydroxyl groups is 1. The average Bonchev–Trinajstić information content (AvgIpc) is 2.21. The minimum Gasteiger partial charge on any atom is -0.388 e. The van der Waals surface area contributed by atoms with Gasteiger partial charge in [-0.05, 0) is 41.5 Å². The van der Waals surface area contributed by atoms with E-state index in [-0.39, 0.29) is 24.2 Å². The molecule has 5 nitrogen and oxygen atoms in total. The van der Waals surface area contributed by atoms with E-state index >= 15 is 0 Å². The van der Waals surface area contributed by atoms with Gasteiger partial charge in [0.2, 0.25) is 0 Å². The molecule has 1 N–H and O–H groups in total. The molecular weight excluding hydrogens is 279 g/mol. The van der Waals surface area contributed by atoms with Crippen LogP contribution in [0.4, 0.5) is 0 Å². The number of Topliss-reactive ketones (excluding diaryl/α,β-unsaturated/α-hetero) is 1. The fourth-order valence-electron chi connectivity index (χ4n) is 1.79. The Kier molecular flexibility index (Phi) is 7.89. The lowest BCUT2D eigenvalue weighted by atomic mass is 9.96. The quantitative estimate of drug-likeness (QED) is 0.523. The Hall–Kier alpha value is -0.480. The second-order valence-electron chi connectivity index (χ2n) is 5.61. The van der Waals surface area contributed by atoms with E-state index in [0.717, 1.165) is 0 Å². The molecule has 0 aliphatic carbocycles. The first-order valence-electron chi connectivity index (χ1n) is 6.78. The molecule has 20 heavy (non-hydrogen) atoms. The average molecular weight is 306 g/mol. The molecule has 118 valence electrons. The summed E-state index contributed by atoms with van der Waals surface area (Å²) >= 11 is 0. The maximum atomic E-state index is 12.7. The number of aliphatic hydroxyl groups excluding tert-OH is 1. The highest BCUT2D eigenvalue weighted by Crippen LogP contribution is 2.52. The summed E-state index contributed by atoms with van der Waals surface area (Å²) in [7, 11) is -3.46. The third-order valence-electron chi connectivity index (χ3n) is 2.57. The molecule has 0 radical (unpaired) electrons. The zero-order chi connectivity index (χ0) is 16.1. The molecular formula is C14H27O5P. The molecule has 0 aromatic carbocycles. The summed E-state index contributed by atoms with van der Waals surface area (Å²) in [5.41, 5.74) is 0.450. The van der Waals surface area contributed by atoms with Crippen LogP contribution in [-0.4, -0.2) is 35.4 Å². The highest BCUT2D eigenvalue weighted by Gasteiger charge is 2.37. The lowest BCUT2D eigenvalue weighted by Gasteiger charge is -2.28. The van der Waals surface area contributed by atoms with Gasteiger partial charge in [0.1, 0.15) is 5.78 Å². The molecule has 2 atom stereocenters. The lowest BCUT2D eigenvalue weighted by molar-refractivity contribution is -0.122. The van der Waals surface area contributed by atoms with E-state index in [0.29, 0.717) is 5.57 Å². The topological polar surface area (TPSA) is 72.8 Å². The van der Waals surface area contributed by atoms with Gasteiger partial charge in [-0.3, -0.25) is 9.36 Å². The van der Waals surface area contributed by atoms with E-state index in [1.54, 1.807) is 34.6 Å². The molecule has 6 heteroatoms. The molecule has 0 saturated heterocycles. The molecule has 0 aliphatic heterocycles. The van der Waals surface area contributed by atoms with Crippen LogP contribution in [0.1, 0.15) is 41.5 Å². The minimum atomic E-state index is -3.46. The minimum absolute atomic E-state index is 0.146. The molecule has 0 aromatic rings. The van der Waals surface area contributed by atoms with E-state index in [9.17, 15) is 14.5 Å². The van der Waals surface area contributed by atoms with Crippen molar-refractivity contribution in [3.05, 3.63) is 12.2 Å². The highest BCUT2D eigenvalue weighted by molar-refractivity contribution is 7.53. The standard InChI is InChI=1S/C14H27O5P/c1-9(2)14(16)13(12(7)15)8-20(17,18-10(3)4)19-11(5)6/h10-11,13-14,16H,1,8H2,2-7H3/t13-,14-/m0/s1. The maximum absolute atomic E-state index is 12.7. The summed E-state index contributed by atoms with van der Waals surface area (Å²) < 4.78 is 23.5. The zero-order valence-corrected chi connectivity index (χ0v) is 14.1. The van der Waals surface area contributed by atoms with Crippen molar-refractivity contribution in [3.63, 3.8) is 0 Å². The van der Waals surface area contributed by atoms with Crippen molar-refractivity contribution in [3.8, 4) is 0 Å². The number of carbonyl (C=O) groups excluding carboxylic acids is 1. The van der Waals surface area contributed by atoms with E-state index in [2.05, 4.69) is 6.58 Å². The number of carbonyl (C=O) groups is 1. The van der Waals surface area contributed by atoms with Crippen molar-refractivity contribution in [2.45, 2.75) is 59.9 Å². The van der Waals surface area contributed by atoms with E-state index in [1.807, 2.05) is 0 Å². The predicted molar refractivity (Wildman–Crippen MR) is 79.9 cm³/mol. The first-order valence-corrected chi connectivity index (χ1v) is 8.51. The van der Waals surface area contributed by atoms with Crippen LogP contribution in [0, 0.1) is 5.92 Å². The van der Waals surface area contributed by atoms with Gasteiger partial charge in [0, 0.05) is 0 Å². The summed E-state index contributed by atoms with van der Waals surface area (Å²) in [6, 6.07) is 0. The van der Waals surface area contributed by atoms with Gasteiger partial charge in [-0.1, -0.05) is 12.2 Å². The molecule has 0 saturated carbocycles. The van der Waals surface area contributed by atoms with E-state index < -0.39 is 19.6 Å². The Labute approximate surface area is 121 Å². The largest absolute Gasteiger partial charge is 0.388 e. The van der Waals surface area contributed by atoms with Gasteiger partial charge in [0.05, 0.1) is 30.4 Å². The van der Waals surface area contributed by atoms with Crippen molar-refractivity contribution < 1.29 is 23.5 Å². The first kappa shape index (κ1) is 19.5. The van der Waals surface area contributed by atoms with Crippen LogP contribution < -0.4 is 0 Å². The molecule has 0 aromatic heterocycles. The van der Waals surface area contributed by atoms with Crippen LogP contribution in [0.2, 0.25) is 0 Å². The van der Waals surface area contributed by atoms with Gasteiger partial charge in [0.15, 0.2) is 0 Å². The molecule has 0 fully saturated rings. The van der Waals surface area contributed by atoms with Crippen LogP contribution >= 0.6 is 7.60 Å². The Morgan fingerprint density at radius 1 is 1.15 bits per heavy atom. The van der Waals surface area contributed by atoms with Gasteiger partial charge in [-0.25, -0.2) is 0 Å². The SMILES string of the molecule is C=C(C)[C@H](O)[C@@H](CP(=O)(OC(C)C)OC(C)C)C(C)=O. The van der Waals surface area contributed by atoms with Crippen LogP contribution in [-0.2, 0) is 18.4 Å². The number of rotatable bonds is 9. The predicted octanol–water partition coefficient (Wildman–Crippen LogP) is 3.17. The molecule has 0 bridgehead atoms. The third kappa shape index (κ3) is 6.80. The Morgan fingerprint density at radius 2 is 1.55 bits per heavy atom. The van der Waals surface area contributed by atoms with Crippen LogP contribution in [0.3, 0.4) is 0 Å². The second-order valence-corrected chi connectivity index (χ2v) is 7.62. The van der Waals surface area contributed by atoms with Gasteiger partial charge in [-0.15, -0.1) is 0 Å². The smallest absolute Gasteiger partial charge is 0.332 e. The van der Waals surface area contributed by atoms with Crippen LogP contribution in [0.5, 0.6) is 0 Å². The van der Waals surface area contributed by atoms with Crippen molar-refractivity contribution in [1.82, 2.24) is 0 Å². The highest BCUT2D eigenvalue weighted by atomic mass is 31.2. The molecule has 0 spiro atoms. The van der Waals surface area contributed by atoms with Gasteiger partial charge < -0.3 is 14.2 Å². The van der Waals surface area contributed by atoms with Gasteiger partial charge >= 0.3 is 7.60 Å². The molecule has 0 rings (SSSR count). The Bertz CT molecular complexity index is 375. The van der Waals surface area contributed by atoms with Gasteiger partial charge in [0.25, 0.3) is 0 Å². The molecule has 0 unspecified atom stereocenters. The van der Waals surface area contributed by atoms with Crippen molar-refractivity contribution >= 4 is 13.4 Å². The maximum Gasteiger partial charge on any atom is 0.332 e. The van der Waals surface area contributed by atoms with Crippen molar-refractivity contribution in [1.29, 1.82) is 0 Å². The van der Waals surface area contributed by atoms with Crippen molar-refractivity contribution in [2.75, 3.05) is 6.16 Å². The number of ketones is 1. The molecule has 0 amide bonds. The molecule has 0 heterocycles. The van der Waals surface area contributed by atoms with Crippen molar-refractivity contribution in [2.24, 2.45) is 5.92 Å². The van der Waals surface area contributed by atoms with Crippen LogP contribution in [0.15, 0.2) is 12.2 Å². The zero-order valence-electron chi connectivity index (χ0n) is 13.3. The lowest BCUT2D eigenvalue weighted by Crippen LogP contribution is -2.31. The third-order valence-corrected chi connectivity index (χ3v) is 4.90. The fourth-order valence-corrected chi connectivity index (χ4v) is 4.23. The van der Waals surface area contributed by atoms with E-state index in [1.165, 1.54) is 6.92 Å². The normalized spacial score (nSPS) is 15.4. The summed E-state index contributed by atoms with van der Waals surface area (Å²) in [4.78, 5) is 11.7. The first-order chi connectivity index (χ1) is 8.98. The van der Waals surface area contributed by atoms with Crippen LogP contribution in [0.25, 0.3) is 0 Å². The number of hydrogen-bond donors (Lipinski definition) is 1. The summed E-state index contributed by atoms with van der Waals surface area (Å²) in [6.45, 7) is 13.6. The number of hydrogen-bond acceptors (Lipinski definition) is 5. The monoisotopic (exact) mass is 306 g/mol. The second kappa shape index (κ2) is 8.08. The van der Waals surface area contributed by atoms with E-state index in [4.69, 9.17) is 9.05 Å². The fraction of sp³-hybridized carbons (Fsp3) is 0.786. The Balaban J connectivity index is 5.23.